The smallest absolute Gasteiger partial charge is 0.225 e. The van der Waals surface area contributed by atoms with Crippen LogP contribution >= 0.6 is 0 Å². The van der Waals surface area contributed by atoms with E-state index in [1.807, 2.05) is 38.1 Å². The molecule has 1 amide bonds. The van der Waals surface area contributed by atoms with Gasteiger partial charge in [-0.2, -0.15) is 5.26 Å². The highest BCUT2D eigenvalue weighted by molar-refractivity contribution is 5.79. The minimum atomic E-state index is -0.0229. The molecule has 1 aliphatic heterocycles. The molecule has 0 bridgehead atoms. The highest BCUT2D eigenvalue weighted by Crippen LogP contribution is 2.20. The van der Waals surface area contributed by atoms with Gasteiger partial charge in [0.15, 0.2) is 5.75 Å². The molecular weight excluding hydrogens is 364 g/mol. The van der Waals surface area contributed by atoms with Gasteiger partial charge in [0.1, 0.15) is 11.8 Å². The van der Waals surface area contributed by atoms with E-state index >= 15 is 0 Å². The molecule has 1 saturated heterocycles. The van der Waals surface area contributed by atoms with Gasteiger partial charge in [-0.15, -0.1) is 0 Å². The lowest BCUT2D eigenvalue weighted by molar-refractivity contribution is -0.129. The molecule has 6 heteroatoms. The first-order valence-electron chi connectivity index (χ1n) is 9.60. The van der Waals surface area contributed by atoms with Crippen molar-refractivity contribution in [2.45, 2.75) is 26.5 Å². The normalized spacial score (nSPS) is 13.8. The average Bonchev–Trinajstić information content (AvgIpc) is 2.69. The number of rotatable bonds is 5. The molecule has 1 aromatic heterocycles. The molecular formula is C23H24N4O2. The van der Waals surface area contributed by atoms with Crippen LogP contribution in [-0.2, 0) is 11.3 Å². The van der Waals surface area contributed by atoms with Gasteiger partial charge in [-0.1, -0.05) is 18.1 Å². The van der Waals surface area contributed by atoms with Crippen molar-refractivity contribution in [2.24, 2.45) is 5.92 Å². The molecule has 0 aliphatic carbocycles. The summed E-state index contributed by atoms with van der Waals surface area (Å²) in [6.07, 6.45) is 1.52. The summed E-state index contributed by atoms with van der Waals surface area (Å²) in [5.41, 5.74) is 3.02. The van der Waals surface area contributed by atoms with Gasteiger partial charge < -0.3 is 10.1 Å². The van der Waals surface area contributed by atoms with Gasteiger partial charge in [0.25, 0.3) is 0 Å². The maximum Gasteiger partial charge on any atom is 0.225 e. The lowest BCUT2D eigenvalue weighted by Gasteiger charge is -2.38. The summed E-state index contributed by atoms with van der Waals surface area (Å²) in [5, 5.41) is 12.0. The Morgan fingerprint density at radius 3 is 2.66 bits per heavy atom. The van der Waals surface area contributed by atoms with Crippen LogP contribution in [0.15, 0.2) is 36.5 Å². The van der Waals surface area contributed by atoms with E-state index in [2.05, 4.69) is 33.1 Å². The Morgan fingerprint density at radius 2 is 2.03 bits per heavy atom. The lowest BCUT2D eigenvalue weighted by Crippen LogP contribution is -2.52. The van der Waals surface area contributed by atoms with Crippen molar-refractivity contribution in [2.75, 3.05) is 20.1 Å². The molecule has 148 valence electrons. The topological polar surface area (TPSA) is 78.2 Å². The molecule has 1 N–H and O–H groups in total. The summed E-state index contributed by atoms with van der Waals surface area (Å²) in [4.78, 5) is 18.1. The zero-order valence-corrected chi connectivity index (χ0v) is 16.9. The molecule has 2 aromatic rings. The van der Waals surface area contributed by atoms with Crippen molar-refractivity contribution >= 4 is 5.91 Å². The van der Waals surface area contributed by atoms with Gasteiger partial charge >= 0.3 is 0 Å². The molecule has 0 radical (unpaired) electrons. The van der Waals surface area contributed by atoms with Crippen LogP contribution in [0.4, 0.5) is 0 Å². The summed E-state index contributed by atoms with van der Waals surface area (Å²) in [6.45, 7) is 6.22. The number of ether oxygens (including phenoxy) is 1. The summed E-state index contributed by atoms with van der Waals surface area (Å²) in [7, 11) is 1.68. The molecule has 1 aromatic carbocycles. The highest BCUT2D eigenvalue weighted by atomic mass is 16.5. The minimum Gasteiger partial charge on any atom is -0.488 e. The molecule has 0 spiro atoms. The number of hydrogen-bond donors (Lipinski definition) is 1. The van der Waals surface area contributed by atoms with Crippen molar-refractivity contribution in [3.05, 3.63) is 58.9 Å². The number of hydrogen-bond acceptors (Lipinski definition) is 5. The van der Waals surface area contributed by atoms with Crippen LogP contribution in [0.2, 0.25) is 0 Å². The molecule has 3 rings (SSSR count). The Balaban J connectivity index is 1.60. The maximum absolute atomic E-state index is 11.5. The summed E-state index contributed by atoms with van der Waals surface area (Å²) in [5.74, 6) is 6.78. The van der Waals surface area contributed by atoms with E-state index in [1.54, 1.807) is 19.3 Å². The fourth-order valence-electron chi connectivity index (χ4n) is 3.10. The van der Waals surface area contributed by atoms with Gasteiger partial charge in [-0.05, 0) is 43.5 Å². The number of pyridine rings is 1. The first kappa shape index (κ1) is 20.4. The van der Waals surface area contributed by atoms with E-state index in [0.717, 1.165) is 25.2 Å². The number of carbonyl (C=O) groups excluding carboxylic acids is 1. The van der Waals surface area contributed by atoms with Crippen molar-refractivity contribution in [1.29, 1.82) is 5.26 Å². The van der Waals surface area contributed by atoms with Gasteiger partial charge in [0, 0.05) is 32.2 Å². The molecule has 6 nitrogen and oxygen atoms in total. The predicted octanol–water partition coefficient (Wildman–Crippen LogP) is 2.32. The molecule has 2 heterocycles. The van der Waals surface area contributed by atoms with Crippen LogP contribution in [-0.4, -0.2) is 42.0 Å². The fraction of sp³-hybridized carbons (Fsp3) is 0.348. The SMILES string of the molecule is CNC(=O)C1CN(Cc2ccc(C#Cc3cc(C#N)c(OC(C)C)cn3)cc2)C1. The zero-order valence-electron chi connectivity index (χ0n) is 16.9. The van der Waals surface area contributed by atoms with Crippen molar-refractivity contribution in [1.82, 2.24) is 15.2 Å². The Morgan fingerprint density at radius 1 is 1.31 bits per heavy atom. The van der Waals surface area contributed by atoms with Crippen LogP contribution < -0.4 is 10.1 Å². The van der Waals surface area contributed by atoms with Crippen molar-refractivity contribution in [3.8, 4) is 23.7 Å². The average molecular weight is 388 g/mol. The summed E-state index contributed by atoms with van der Waals surface area (Å²) >= 11 is 0. The van der Waals surface area contributed by atoms with Crippen LogP contribution in [0.1, 0.15) is 36.2 Å². The molecule has 0 atom stereocenters. The van der Waals surface area contributed by atoms with Gasteiger partial charge in [-0.3, -0.25) is 9.69 Å². The first-order valence-corrected chi connectivity index (χ1v) is 9.60. The standard InChI is InChI=1S/C23H24N4O2/c1-16(2)29-22-12-26-21(10-19(22)11-24)9-8-17-4-6-18(7-5-17)13-27-14-20(15-27)23(28)25-3/h4-7,10,12,16,20H,13-15H2,1-3H3,(H,25,28). The van der Waals surface area contributed by atoms with Crippen LogP contribution in [0.25, 0.3) is 0 Å². The molecule has 29 heavy (non-hydrogen) atoms. The number of carbonyl (C=O) groups is 1. The number of likely N-dealkylation sites (tertiary alicyclic amines) is 1. The van der Waals surface area contributed by atoms with E-state index in [0.29, 0.717) is 17.0 Å². The van der Waals surface area contributed by atoms with Crippen molar-refractivity contribution < 1.29 is 9.53 Å². The third-order valence-electron chi connectivity index (χ3n) is 4.62. The second kappa shape index (κ2) is 9.23. The van der Waals surface area contributed by atoms with E-state index < -0.39 is 0 Å². The van der Waals surface area contributed by atoms with E-state index in [1.165, 1.54) is 5.56 Å². The first-order chi connectivity index (χ1) is 14.0. The Labute approximate surface area is 171 Å². The molecule has 1 aliphatic rings. The second-order valence-corrected chi connectivity index (χ2v) is 7.30. The molecule has 0 saturated carbocycles. The molecule has 0 unspecified atom stereocenters. The number of nitrogens with one attached hydrogen (secondary N) is 1. The van der Waals surface area contributed by atoms with Crippen LogP contribution in [0.5, 0.6) is 5.75 Å². The minimum absolute atomic E-state index is 0.0229. The third-order valence-corrected chi connectivity index (χ3v) is 4.62. The number of nitrogens with zero attached hydrogens (tertiary/aromatic N) is 3. The Bertz CT molecular complexity index is 975. The lowest BCUT2D eigenvalue weighted by atomic mass is 9.98. The Kier molecular flexibility index (Phi) is 6.49. The summed E-state index contributed by atoms with van der Waals surface area (Å²) in [6, 6.07) is 11.8. The van der Waals surface area contributed by atoms with Gasteiger partial charge in [0.2, 0.25) is 5.91 Å². The Hall–Kier alpha value is -3.35. The highest BCUT2D eigenvalue weighted by Gasteiger charge is 2.31. The quantitative estimate of drug-likeness (QED) is 0.796. The van der Waals surface area contributed by atoms with Crippen molar-refractivity contribution in [3.63, 3.8) is 0 Å². The number of amides is 1. The molecule has 1 fully saturated rings. The van der Waals surface area contributed by atoms with Gasteiger partial charge in [0.05, 0.1) is 23.8 Å². The summed E-state index contributed by atoms with van der Waals surface area (Å²) < 4.78 is 5.58. The van der Waals surface area contributed by atoms with Crippen LogP contribution in [0, 0.1) is 29.1 Å². The van der Waals surface area contributed by atoms with E-state index in [9.17, 15) is 10.1 Å². The predicted molar refractivity (Wildman–Crippen MR) is 110 cm³/mol. The van der Waals surface area contributed by atoms with E-state index in [4.69, 9.17) is 4.74 Å². The van der Waals surface area contributed by atoms with E-state index in [-0.39, 0.29) is 17.9 Å². The third kappa shape index (κ3) is 5.34. The fourth-order valence-corrected chi connectivity index (χ4v) is 3.10. The zero-order chi connectivity index (χ0) is 20.8. The number of aromatic nitrogens is 1. The largest absolute Gasteiger partial charge is 0.488 e. The van der Waals surface area contributed by atoms with Crippen LogP contribution in [0.3, 0.4) is 0 Å². The monoisotopic (exact) mass is 388 g/mol. The second-order valence-electron chi connectivity index (χ2n) is 7.30. The number of benzene rings is 1. The number of nitriles is 1. The van der Waals surface area contributed by atoms with Gasteiger partial charge in [-0.25, -0.2) is 4.98 Å². The maximum atomic E-state index is 11.5.